The van der Waals surface area contributed by atoms with E-state index in [1.807, 2.05) is 25.1 Å². The van der Waals surface area contributed by atoms with Gasteiger partial charge in [-0.05, 0) is 38.2 Å². The first-order valence-electron chi connectivity index (χ1n) is 7.69. The predicted octanol–water partition coefficient (Wildman–Crippen LogP) is 2.97. The number of hydrogen-bond donors (Lipinski definition) is 2. The Morgan fingerprint density at radius 3 is 2.52 bits per heavy atom. The van der Waals surface area contributed by atoms with Crippen LogP contribution in [-0.2, 0) is 11.2 Å². The Hall–Kier alpha value is -1.42. The normalized spacial score (nSPS) is 18.1. The van der Waals surface area contributed by atoms with E-state index in [1.165, 1.54) is 5.56 Å². The van der Waals surface area contributed by atoms with Crippen molar-refractivity contribution < 1.29 is 4.79 Å². The zero-order valence-corrected chi connectivity index (χ0v) is 13.4. The van der Waals surface area contributed by atoms with Crippen molar-refractivity contribution in [1.82, 2.24) is 5.32 Å². The van der Waals surface area contributed by atoms with E-state index in [0.717, 1.165) is 38.5 Å². The zero-order valence-electron chi connectivity index (χ0n) is 12.6. The van der Waals surface area contributed by atoms with Gasteiger partial charge in [-0.2, -0.15) is 0 Å². The minimum absolute atomic E-state index is 0.0214. The van der Waals surface area contributed by atoms with Crippen LogP contribution in [0.15, 0.2) is 30.3 Å². The number of nitrogens with one attached hydrogen (secondary N) is 1. The minimum atomic E-state index is -0.601. The maximum absolute atomic E-state index is 12.6. The molecule has 0 aliphatic heterocycles. The molecule has 1 aliphatic carbocycles. The lowest BCUT2D eigenvalue weighted by Gasteiger charge is -2.28. The Labute approximate surface area is 132 Å². The van der Waals surface area contributed by atoms with Gasteiger partial charge in [0.1, 0.15) is 0 Å². The van der Waals surface area contributed by atoms with Crippen LogP contribution in [0.4, 0.5) is 0 Å². The molecule has 0 saturated heterocycles. The van der Waals surface area contributed by atoms with Gasteiger partial charge in [-0.3, -0.25) is 4.79 Å². The van der Waals surface area contributed by atoms with Crippen molar-refractivity contribution in [3.05, 3.63) is 35.9 Å². The second-order valence-electron chi connectivity index (χ2n) is 6.05. The number of carbonyl (C=O) groups is 1. The van der Waals surface area contributed by atoms with Gasteiger partial charge in [-0.25, -0.2) is 0 Å². The van der Waals surface area contributed by atoms with E-state index >= 15 is 0 Å². The van der Waals surface area contributed by atoms with Crippen molar-refractivity contribution in [3.8, 4) is 0 Å². The van der Waals surface area contributed by atoms with Crippen molar-refractivity contribution in [2.75, 3.05) is 0 Å². The number of hydrogen-bond acceptors (Lipinski definition) is 2. The highest BCUT2D eigenvalue weighted by atomic mass is 32.1. The minimum Gasteiger partial charge on any atom is -0.392 e. The first-order valence-corrected chi connectivity index (χ1v) is 8.10. The summed E-state index contributed by atoms with van der Waals surface area (Å²) in [6.45, 7) is 2.04. The molecule has 0 heterocycles. The lowest BCUT2D eigenvalue weighted by atomic mass is 9.84. The third-order valence-corrected chi connectivity index (χ3v) is 4.84. The van der Waals surface area contributed by atoms with Crippen LogP contribution >= 0.6 is 12.2 Å². The van der Waals surface area contributed by atoms with Crippen LogP contribution in [0, 0.1) is 5.41 Å². The summed E-state index contributed by atoms with van der Waals surface area (Å²) < 4.78 is 0. The van der Waals surface area contributed by atoms with Gasteiger partial charge in [-0.15, -0.1) is 0 Å². The molecule has 114 valence electrons. The third kappa shape index (κ3) is 3.82. The standard InChI is InChI=1S/C17H24N2OS/c1-13(9-10-14-7-3-2-4-8-14)19-16(20)17(15(18)21)11-5-6-12-17/h2-4,7-8,13H,5-6,9-12H2,1H3,(H2,18,21)(H,19,20). The summed E-state index contributed by atoms with van der Waals surface area (Å²) in [7, 11) is 0. The van der Waals surface area contributed by atoms with Crippen LogP contribution in [0.1, 0.15) is 44.6 Å². The Kier molecular flexibility index (Phi) is 5.34. The Balaban J connectivity index is 1.88. The molecule has 2 rings (SSSR count). The molecule has 3 N–H and O–H groups in total. The largest absolute Gasteiger partial charge is 0.392 e. The summed E-state index contributed by atoms with van der Waals surface area (Å²) in [5, 5.41) is 3.11. The van der Waals surface area contributed by atoms with Gasteiger partial charge < -0.3 is 11.1 Å². The molecule has 21 heavy (non-hydrogen) atoms. The second-order valence-corrected chi connectivity index (χ2v) is 6.49. The number of thiocarbonyl (C=S) groups is 1. The fourth-order valence-electron chi connectivity index (χ4n) is 3.03. The van der Waals surface area contributed by atoms with E-state index in [4.69, 9.17) is 18.0 Å². The molecular weight excluding hydrogens is 280 g/mol. The SMILES string of the molecule is CC(CCc1ccccc1)NC(=O)C1(C(N)=S)CCCC1. The van der Waals surface area contributed by atoms with Crippen molar-refractivity contribution in [2.24, 2.45) is 11.1 Å². The van der Waals surface area contributed by atoms with E-state index < -0.39 is 5.41 Å². The maximum atomic E-state index is 12.6. The van der Waals surface area contributed by atoms with Crippen molar-refractivity contribution in [3.63, 3.8) is 0 Å². The number of benzene rings is 1. The average Bonchev–Trinajstić information content (AvgIpc) is 2.97. The fraction of sp³-hybridized carbons (Fsp3) is 0.529. The molecule has 0 radical (unpaired) electrons. The van der Waals surface area contributed by atoms with Gasteiger partial charge in [0.2, 0.25) is 5.91 Å². The number of rotatable bonds is 6. The lowest BCUT2D eigenvalue weighted by Crippen LogP contribution is -2.49. The molecule has 0 spiro atoms. The summed E-state index contributed by atoms with van der Waals surface area (Å²) in [6.07, 6.45) is 5.52. The average molecular weight is 304 g/mol. The molecule has 1 unspecified atom stereocenters. The molecule has 1 amide bonds. The molecule has 1 aliphatic rings. The van der Waals surface area contributed by atoms with Gasteiger partial charge in [-0.1, -0.05) is 55.4 Å². The fourth-order valence-corrected chi connectivity index (χ4v) is 3.32. The van der Waals surface area contributed by atoms with E-state index in [-0.39, 0.29) is 11.9 Å². The van der Waals surface area contributed by atoms with Crippen molar-refractivity contribution in [1.29, 1.82) is 0 Å². The molecular formula is C17H24N2OS. The smallest absolute Gasteiger partial charge is 0.233 e. The van der Waals surface area contributed by atoms with E-state index in [0.29, 0.717) is 4.99 Å². The van der Waals surface area contributed by atoms with E-state index in [1.54, 1.807) is 0 Å². The first kappa shape index (κ1) is 16.0. The summed E-state index contributed by atoms with van der Waals surface area (Å²) >= 11 is 5.15. The highest BCUT2D eigenvalue weighted by molar-refractivity contribution is 7.80. The number of amides is 1. The van der Waals surface area contributed by atoms with E-state index in [2.05, 4.69) is 17.4 Å². The van der Waals surface area contributed by atoms with Gasteiger partial charge in [0.15, 0.2) is 0 Å². The van der Waals surface area contributed by atoms with Crippen LogP contribution in [0.5, 0.6) is 0 Å². The summed E-state index contributed by atoms with van der Waals surface area (Å²) in [5.74, 6) is 0.0214. The van der Waals surface area contributed by atoms with Crippen LogP contribution in [-0.4, -0.2) is 16.9 Å². The first-order chi connectivity index (χ1) is 10.0. The van der Waals surface area contributed by atoms with Crippen molar-refractivity contribution >= 4 is 23.1 Å². The van der Waals surface area contributed by atoms with Gasteiger partial charge in [0.25, 0.3) is 0 Å². The van der Waals surface area contributed by atoms with Crippen LogP contribution in [0.25, 0.3) is 0 Å². The highest BCUT2D eigenvalue weighted by Gasteiger charge is 2.44. The summed E-state index contributed by atoms with van der Waals surface area (Å²) in [4.78, 5) is 12.9. The topological polar surface area (TPSA) is 55.1 Å². The molecule has 1 saturated carbocycles. The molecule has 1 aromatic rings. The summed E-state index contributed by atoms with van der Waals surface area (Å²) in [6, 6.07) is 10.5. The highest BCUT2D eigenvalue weighted by Crippen LogP contribution is 2.38. The van der Waals surface area contributed by atoms with Crippen LogP contribution in [0.3, 0.4) is 0 Å². The Bertz CT molecular complexity index is 495. The molecule has 1 atom stereocenters. The molecule has 0 bridgehead atoms. The molecule has 4 heteroatoms. The monoisotopic (exact) mass is 304 g/mol. The van der Waals surface area contributed by atoms with Gasteiger partial charge >= 0.3 is 0 Å². The number of carbonyl (C=O) groups excluding carboxylic acids is 1. The van der Waals surface area contributed by atoms with Crippen molar-refractivity contribution in [2.45, 2.75) is 51.5 Å². The van der Waals surface area contributed by atoms with Crippen LogP contribution < -0.4 is 11.1 Å². The molecule has 1 fully saturated rings. The Morgan fingerprint density at radius 2 is 1.95 bits per heavy atom. The summed E-state index contributed by atoms with van der Waals surface area (Å²) in [5.41, 5.74) is 6.54. The zero-order chi connectivity index (χ0) is 15.3. The maximum Gasteiger partial charge on any atom is 0.233 e. The van der Waals surface area contributed by atoms with E-state index in [9.17, 15) is 4.79 Å². The number of aryl methyl sites for hydroxylation is 1. The molecule has 0 aromatic heterocycles. The third-order valence-electron chi connectivity index (χ3n) is 4.45. The van der Waals surface area contributed by atoms with Gasteiger partial charge in [0.05, 0.1) is 10.4 Å². The Morgan fingerprint density at radius 1 is 1.33 bits per heavy atom. The predicted molar refractivity (Wildman–Crippen MR) is 90.1 cm³/mol. The number of nitrogens with two attached hydrogens (primary N) is 1. The van der Waals surface area contributed by atoms with Gasteiger partial charge in [0, 0.05) is 6.04 Å². The molecule has 3 nitrogen and oxygen atoms in total. The lowest BCUT2D eigenvalue weighted by molar-refractivity contribution is -0.127. The molecule has 1 aromatic carbocycles. The quantitative estimate of drug-likeness (QED) is 0.794. The van der Waals surface area contributed by atoms with Crippen LogP contribution in [0.2, 0.25) is 0 Å². The second kappa shape index (κ2) is 7.03.